The molecule has 10 heteroatoms. The van der Waals surface area contributed by atoms with E-state index in [1.807, 2.05) is 0 Å². The van der Waals surface area contributed by atoms with Crippen LogP contribution in [0.5, 0.6) is 11.5 Å². The third-order valence-corrected chi connectivity index (χ3v) is 8.62. The Hall–Kier alpha value is -3.30. The highest BCUT2D eigenvalue weighted by molar-refractivity contribution is 6.02. The van der Waals surface area contributed by atoms with Gasteiger partial charge in [-0.2, -0.15) is 0 Å². The fourth-order valence-electron chi connectivity index (χ4n) is 6.83. The summed E-state index contributed by atoms with van der Waals surface area (Å²) in [4.78, 5) is 56.9. The molecule has 0 bridgehead atoms. The standard InChI is InChI=1S/C27H35N3O7/c1-13(2)22(27(34)35)28-24(31)18-10-15-11-20(36-3)21(37-4)12-16(15)23-26(33)29-17-8-6-5-7-14(17)9-19(29)25(32)30(18)23/h11-14,17-19,22-23H,5-10H2,1-4H3,(H,28,31)(H,34,35)/t14-,17-,18-,19-,22-,23-/m0/s1. The SMILES string of the molecule is COc1cc2c(cc1OC)[C@H]1C(=O)N3[C@@H](C[C@@H]4CCCC[C@@H]43)C(=O)N1[C@H](C(=O)N[C@H](C(=O)O)C(C)C)C2. The van der Waals surface area contributed by atoms with E-state index in [2.05, 4.69) is 5.32 Å². The van der Waals surface area contributed by atoms with Gasteiger partial charge < -0.3 is 29.7 Å². The fourth-order valence-corrected chi connectivity index (χ4v) is 6.83. The molecule has 6 atom stereocenters. The molecule has 2 N–H and O–H groups in total. The van der Waals surface area contributed by atoms with E-state index in [-0.39, 0.29) is 36.1 Å². The number of piperazine rings is 1. The number of methoxy groups -OCH3 is 2. The van der Waals surface area contributed by atoms with Crippen molar-refractivity contribution in [3.63, 3.8) is 0 Å². The van der Waals surface area contributed by atoms with Crippen molar-refractivity contribution >= 4 is 23.7 Å². The van der Waals surface area contributed by atoms with Crippen molar-refractivity contribution < 1.29 is 33.8 Å². The van der Waals surface area contributed by atoms with Crippen LogP contribution < -0.4 is 14.8 Å². The monoisotopic (exact) mass is 513 g/mol. The summed E-state index contributed by atoms with van der Waals surface area (Å²) in [6.07, 6.45) is 4.73. The Balaban J connectivity index is 1.60. The molecule has 0 unspecified atom stereocenters. The lowest BCUT2D eigenvalue weighted by atomic mass is 9.83. The maximum absolute atomic E-state index is 14.2. The Morgan fingerprint density at radius 3 is 2.35 bits per heavy atom. The van der Waals surface area contributed by atoms with E-state index in [0.717, 1.165) is 25.7 Å². The molecule has 1 saturated carbocycles. The van der Waals surface area contributed by atoms with Gasteiger partial charge in [-0.05, 0) is 54.4 Å². The van der Waals surface area contributed by atoms with Gasteiger partial charge in [-0.3, -0.25) is 14.4 Å². The van der Waals surface area contributed by atoms with Gasteiger partial charge in [-0.25, -0.2) is 4.79 Å². The highest BCUT2D eigenvalue weighted by Gasteiger charge is 2.59. The van der Waals surface area contributed by atoms with Gasteiger partial charge in [0.1, 0.15) is 24.2 Å². The van der Waals surface area contributed by atoms with E-state index in [0.29, 0.717) is 29.0 Å². The van der Waals surface area contributed by atoms with Crippen LogP contribution in [0.2, 0.25) is 0 Å². The summed E-state index contributed by atoms with van der Waals surface area (Å²) in [5.74, 6) is -1.31. The van der Waals surface area contributed by atoms with Gasteiger partial charge in [-0.1, -0.05) is 26.7 Å². The van der Waals surface area contributed by atoms with Crippen LogP contribution in [0.15, 0.2) is 12.1 Å². The van der Waals surface area contributed by atoms with Crippen molar-refractivity contribution in [2.45, 2.75) is 82.6 Å². The fraction of sp³-hybridized carbons (Fsp3) is 0.630. The molecule has 3 fully saturated rings. The number of rotatable bonds is 6. The molecule has 0 aromatic heterocycles. The minimum Gasteiger partial charge on any atom is -0.493 e. The number of fused-ring (bicyclic) bond motifs is 6. The predicted octanol–water partition coefficient (Wildman–Crippen LogP) is 1.90. The third kappa shape index (κ3) is 4.01. The lowest BCUT2D eigenvalue weighted by molar-refractivity contribution is -0.168. The summed E-state index contributed by atoms with van der Waals surface area (Å²) >= 11 is 0. The molecule has 3 heterocycles. The van der Waals surface area contributed by atoms with Gasteiger partial charge in [-0.15, -0.1) is 0 Å². The molecule has 5 rings (SSSR count). The zero-order valence-electron chi connectivity index (χ0n) is 21.7. The normalized spacial score (nSPS) is 29.2. The number of ether oxygens (including phenoxy) is 2. The number of hydrogen-bond donors (Lipinski definition) is 2. The summed E-state index contributed by atoms with van der Waals surface area (Å²) in [6, 6.07) is -0.182. The average molecular weight is 514 g/mol. The van der Waals surface area contributed by atoms with E-state index < -0.39 is 36.0 Å². The molecule has 0 spiro atoms. The first-order chi connectivity index (χ1) is 17.7. The van der Waals surface area contributed by atoms with Gasteiger partial charge in [0.05, 0.1) is 14.2 Å². The van der Waals surface area contributed by atoms with E-state index in [9.17, 15) is 24.3 Å². The van der Waals surface area contributed by atoms with Gasteiger partial charge in [0, 0.05) is 12.5 Å². The van der Waals surface area contributed by atoms with Crippen molar-refractivity contribution in [1.29, 1.82) is 0 Å². The summed E-state index contributed by atoms with van der Waals surface area (Å²) < 4.78 is 11.0. The maximum atomic E-state index is 14.2. The second-order valence-electron chi connectivity index (χ2n) is 11.0. The van der Waals surface area contributed by atoms with Crippen molar-refractivity contribution in [2.24, 2.45) is 11.8 Å². The quantitative estimate of drug-likeness (QED) is 0.595. The van der Waals surface area contributed by atoms with Gasteiger partial charge >= 0.3 is 5.97 Å². The van der Waals surface area contributed by atoms with E-state index in [4.69, 9.17) is 9.47 Å². The first-order valence-electron chi connectivity index (χ1n) is 13.1. The maximum Gasteiger partial charge on any atom is 0.326 e. The summed E-state index contributed by atoms with van der Waals surface area (Å²) in [7, 11) is 3.02. The number of aliphatic carboxylic acids is 1. The predicted molar refractivity (Wildman–Crippen MR) is 132 cm³/mol. The Kier molecular flexibility index (Phi) is 6.53. The number of nitrogens with one attached hydrogen (secondary N) is 1. The molecule has 10 nitrogen and oxygen atoms in total. The topological polar surface area (TPSA) is 125 Å². The van der Waals surface area contributed by atoms with Crippen LogP contribution in [-0.2, 0) is 25.6 Å². The molecule has 1 aromatic rings. The van der Waals surface area contributed by atoms with Crippen LogP contribution >= 0.6 is 0 Å². The third-order valence-electron chi connectivity index (χ3n) is 8.62. The molecular formula is C27H35N3O7. The first-order valence-corrected chi connectivity index (χ1v) is 13.1. The zero-order chi connectivity index (χ0) is 26.6. The summed E-state index contributed by atoms with van der Waals surface area (Å²) in [5, 5.41) is 12.3. The summed E-state index contributed by atoms with van der Waals surface area (Å²) in [6.45, 7) is 3.42. The molecule has 3 amide bonds. The van der Waals surface area contributed by atoms with Crippen LogP contribution in [0.4, 0.5) is 0 Å². The average Bonchev–Trinajstić information content (AvgIpc) is 3.28. The number of benzene rings is 1. The Morgan fingerprint density at radius 1 is 1.03 bits per heavy atom. The number of carboxylic acids is 1. The number of nitrogens with zero attached hydrogens (tertiary/aromatic N) is 2. The number of carbonyl (C=O) groups excluding carboxylic acids is 3. The molecule has 3 aliphatic heterocycles. The lowest BCUT2D eigenvalue weighted by Crippen LogP contribution is -2.67. The second kappa shape index (κ2) is 9.54. The van der Waals surface area contributed by atoms with Crippen LogP contribution in [0, 0.1) is 11.8 Å². The Morgan fingerprint density at radius 2 is 1.70 bits per heavy atom. The number of amides is 3. The molecular weight excluding hydrogens is 478 g/mol. The molecule has 37 heavy (non-hydrogen) atoms. The minimum absolute atomic E-state index is 0.0347. The zero-order valence-corrected chi connectivity index (χ0v) is 21.7. The van der Waals surface area contributed by atoms with Gasteiger partial charge in [0.2, 0.25) is 11.8 Å². The minimum atomic E-state index is -1.14. The van der Waals surface area contributed by atoms with Crippen LogP contribution in [0.3, 0.4) is 0 Å². The molecule has 0 radical (unpaired) electrons. The van der Waals surface area contributed by atoms with Crippen molar-refractivity contribution in [3.8, 4) is 11.5 Å². The number of hydrogen-bond acceptors (Lipinski definition) is 6. The largest absolute Gasteiger partial charge is 0.493 e. The highest BCUT2D eigenvalue weighted by Crippen LogP contribution is 2.49. The molecule has 2 saturated heterocycles. The van der Waals surface area contributed by atoms with Crippen molar-refractivity contribution in [2.75, 3.05) is 14.2 Å². The van der Waals surface area contributed by atoms with E-state index >= 15 is 0 Å². The summed E-state index contributed by atoms with van der Waals surface area (Å²) in [5.41, 5.74) is 1.32. The second-order valence-corrected chi connectivity index (χ2v) is 11.0. The number of carboxylic acid groups (broad SMARTS) is 1. The molecule has 1 aliphatic carbocycles. The Bertz CT molecular complexity index is 1140. The lowest BCUT2D eigenvalue weighted by Gasteiger charge is -2.50. The van der Waals surface area contributed by atoms with Crippen LogP contribution in [-0.4, -0.2) is 77.0 Å². The Labute approximate surface area is 216 Å². The van der Waals surface area contributed by atoms with Gasteiger partial charge in [0.25, 0.3) is 5.91 Å². The van der Waals surface area contributed by atoms with Crippen molar-refractivity contribution in [1.82, 2.24) is 15.1 Å². The van der Waals surface area contributed by atoms with Gasteiger partial charge in [0.15, 0.2) is 11.5 Å². The van der Waals surface area contributed by atoms with Crippen LogP contribution in [0.1, 0.15) is 63.1 Å². The first kappa shape index (κ1) is 25.4. The number of carbonyl (C=O) groups is 4. The molecule has 200 valence electrons. The molecule has 1 aromatic carbocycles. The smallest absolute Gasteiger partial charge is 0.326 e. The molecule has 4 aliphatic rings. The van der Waals surface area contributed by atoms with Crippen molar-refractivity contribution in [3.05, 3.63) is 23.3 Å². The van der Waals surface area contributed by atoms with Crippen LogP contribution in [0.25, 0.3) is 0 Å². The van der Waals surface area contributed by atoms with E-state index in [1.54, 1.807) is 30.9 Å². The highest BCUT2D eigenvalue weighted by atomic mass is 16.5. The van der Waals surface area contributed by atoms with E-state index in [1.165, 1.54) is 19.1 Å².